The maximum absolute atomic E-state index is 12.0. The first-order chi connectivity index (χ1) is 14.2. The minimum atomic E-state index is -0.531. The molecule has 1 atom stereocenters. The van der Waals surface area contributed by atoms with Gasteiger partial charge in [-0.2, -0.15) is 0 Å². The number of hydrogen-bond acceptors (Lipinski definition) is 4. The average molecular weight is 420 g/mol. The van der Waals surface area contributed by atoms with Gasteiger partial charge in [0.05, 0.1) is 0 Å². The minimum absolute atomic E-state index is 0.0147. The second kappa shape index (κ2) is 12.7. The number of guanidine groups is 1. The Kier molecular flexibility index (Phi) is 10.7. The predicted molar refractivity (Wildman–Crippen MR) is 121 cm³/mol. The summed E-state index contributed by atoms with van der Waals surface area (Å²) in [6.07, 6.45) is 2.54. The van der Waals surface area contributed by atoms with E-state index in [1.807, 2.05) is 39.0 Å². The fourth-order valence-corrected chi connectivity index (χ4v) is 2.74. The summed E-state index contributed by atoms with van der Waals surface area (Å²) in [4.78, 5) is 28.1. The molecule has 168 valence electrons. The van der Waals surface area contributed by atoms with Gasteiger partial charge in [0, 0.05) is 38.8 Å². The third-order valence-electron chi connectivity index (χ3n) is 4.24. The highest BCUT2D eigenvalue weighted by Crippen LogP contribution is 2.07. The fourth-order valence-electron chi connectivity index (χ4n) is 2.74. The molecule has 30 heavy (non-hydrogen) atoms. The van der Waals surface area contributed by atoms with Crippen molar-refractivity contribution in [1.29, 1.82) is 0 Å². The molecule has 4 N–H and O–H groups in total. The number of unbranched alkanes of at least 4 members (excludes halogenated alkanes) is 1. The first-order valence-electron chi connectivity index (χ1n) is 10.4. The number of amides is 2. The largest absolute Gasteiger partial charge is 0.444 e. The van der Waals surface area contributed by atoms with Gasteiger partial charge < -0.3 is 26.0 Å². The van der Waals surface area contributed by atoms with Crippen LogP contribution < -0.4 is 21.3 Å². The summed E-state index contributed by atoms with van der Waals surface area (Å²) < 4.78 is 5.31. The predicted octanol–water partition coefficient (Wildman–Crippen LogP) is 2.79. The van der Waals surface area contributed by atoms with Crippen LogP contribution in [-0.2, 0) is 11.3 Å². The highest BCUT2D eigenvalue weighted by Gasteiger charge is 2.18. The van der Waals surface area contributed by atoms with Gasteiger partial charge in [-0.25, -0.2) is 4.79 Å². The molecule has 0 saturated heterocycles. The number of alkyl carbamates (subject to hydrolysis) is 1. The molecule has 0 radical (unpaired) electrons. The van der Waals surface area contributed by atoms with E-state index in [1.54, 1.807) is 20.2 Å². The van der Waals surface area contributed by atoms with E-state index in [9.17, 15) is 9.59 Å². The standard InChI is InChI=1S/C22H37N5O3/c1-7-8-12-18(15-26-21(29)30-22(2,3)4)27-20(24-6)25-14-16-10-9-11-17(13-16)19(28)23-5/h9-11,13,18H,7-8,12,14-15H2,1-6H3,(H,23,28)(H,26,29)(H2,24,25,27). The van der Waals surface area contributed by atoms with Gasteiger partial charge in [0.1, 0.15) is 5.60 Å². The number of ether oxygens (including phenoxy) is 1. The maximum Gasteiger partial charge on any atom is 0.407 e. The molecule has 0 bridgehead atoms. The van der Waals surface area contributed by atoms with Crippen LogP contribution >= 0.6 is 0 Å². The number of carbonyl (C=O) groups is 2. The molecular weight excluding hydrogens is 382 g/mol. The molecule has 8 heteroatoms. The third kappa shape index (κ3) is 10.1. The Bertz CT molecular complexity index is 713. The molecule has 1 aromatic carbocycles. The summed E-state index contributed by atoms with van der Waals surface area (Å²) in [7, 11) is 3.31. The number of hydrogen-bond donors (Lipinski definition) is 4. The van der Waals surface area contributed by atoms with Crippen molar-refractivity contribution in [3.05, 3.63) is 35.4 Å². The molecule has 1 aromatic rings. The molecule has 0 fully saturated rings. The van der Waals surface area contributed by atoms with Gasteiger partial charge in [0.2, 0.25) is 0 Å². The van der Waals surface area contributed by atoms with Crippen LogP contribution in [0.15, 0.2) is 29.3 Å². The zero-order valence-corrected chi connectivity index (χ0v) is 19.1. The van der Waals surface area contributed by atoms with E-state index in [-0.39, 0.29) is 11.9 Å². The molecule has 0 aliphatic heterocycles. The van der Waals surface area contributed by atoms with E-state index in [0.717, 1.165) is 24.8 Å². The molecule has 2 amide bonds. The van der Waals surface area contributed by atoms with Gasteiger partial charge in [-0.15, -0.1) is 0 Å². The fraction of sp³-hybridized carbons (Fsp3) is 0.591. The smallest absolute Gasteiger partial charge is 0.407 e. The SMILES string of the molecule is CCCCC(CNC(=O)OC(C)(C)C)NC(=NC)NCc1cccc(C(=O)NC)c1. The third-order valence-corrected chi connectivity index (χ3v) is 4.24. The van der Waals surface area contributed by atoms with Crippen molar-refractivity contribution in [1.82, 2.24) is 21.3 Å². The molecule has 0 aliphatic rings. The zero-order valence-electron chi connectivity index (χ0n) is 19.1. The molecule has 0 heterocycles. The van der Waals surface area contributed by atoms with E-state index in [0.29, 0.717) is 24.6 Å². The Hall–Kier alpha value is -2.77. The van der Waals surface area contributed by atoms with Gasteiger partial charge >= 0.3 is 6.09 Å². The molecule has 1 rings (SSSR count). The Morgan fingerprint density at radius 2 is 1.93 bits per heavy atom. The normalized spacial score (nSPS) is 12.7. The summed E-state index contributed by atoms with van der Waals surface area (Å²) in [6, 6.07) is 7.44. The van der Waals surface area contributed by atoms with Crippen LogP contribution in [0.2, 0.25) is 0 Å². The summed E-state index contributed by atoms with van der Waals surface area (Å²) in [5.41, 5.74) is 1.05. The van der Waals surface area contributed by atoms with Crippen molar-refractivity contribution in [2.45, 2.75) is 65.1 Å². The summed E-state index contributed by atoms with van der Waals surface area (Å²) in [5.74, 6) is 0.514. The van der Waals surface area contributed by atoms with E-state index in [1.165, 1.54) is 0 Å². The Labute approximate surface area is 180 Å². The molecule has 8 nitrogen and oxygen atoms in total. The molecular formula is C22H37N5O3. The number of aliphatic imine (C=N–C) groups is 1. The monoisotopic (exact) mass is 419 g/mol. The lowest BCUT2D eigenvalue weighted by Crippen LogP contribution is -2.48. The quantitative estimate of drug-likeness (QED) is 0.364. The van der Waals surface area contributed by atoms with Gasteiger partial charge in [-0.3, -0.25) is 9.79 Å². The molecule has 0 aliphatic carbocycles. The van der Waals surface area contributed by atoms with Crippen LogP contribution in [0, 0.1) is 0 Å². The number of nitrogens with zero attached hydrogens (tertiary/aromatic N) is 1. The highest BCUT2D eigenvalue weighted by atomic mass is 16.6. The topological polar surface area (TPSA) is 104 Å². The van der Waals surface area contributed by atoms with Crippen LogP contribution in [0.4, 0.5) is 4.79 Å². The Morgan fingerprint density at radius 1 is 1.20 bits per heavy atom. The summed E-state index contributed by atoms with van der Waals surface area (Å²) >= 11 is 0. The van der Waals surface area contributed by atoms with Crippen molar-refractivity contribution in [2.75, 3.05) is 20.6 Å². The summed E-state index contributed by atoms with van der Waals surface area (Å²) in [6.45, 7) is 8.59. The van der Waals surface area contributed by atoms with E-state index in [2.05, 4.69) is 33.2 Å². The van der Waals surface area contributed by atoms with Gasteiger partial charge in [-0.1, -0.05) is 31.9 Å². The lowest BCUT2D eigenvalue weighted by Gasteiger charge is -2.24. The van der Waals surface area contributed by atoms with Crippen LogP contribution in [0.25, 0.3) is 0 Å². The maximum atomic E-state index is 12.0. The average Bonchev–Trinajstić information content (AvgIpc) is 2.70. The number of carbonyl (C=O) groups excluding carboxylic acids is 2. The lowest BCUT2D eigenvalue weighted by atomic mass is 10.1. The van der Waals surface area contributed by atoms with Crippen molar-refractivity contribution in [3.8, 4) is 0 Å². The molecule has 0 saturated carbocycles. The van der Waals surface area contributed by atoms with Gasteiger partial charge in [0.15, 0.2) is 5.96 Å². The second-order valence-corrected chi connectivity index (χ2v) is 8.07. The zero-order chi connectivity index (χ0) is 22.6. The molecule has 0 aromatic heterocycles. The van der Waals surface area contributed by atoms with Gasteiger partial charge in [-0.05, 0) is 44.9 Å². The molecule has 0 spiro atoms. The van der Waals surface area contributed by atoms with E-state index >= 15 is 0 Å². The van der Waals surface area contributed by atoms with E-state index < -0.39 is 11.7 Å². The van der Waals surface area contributed by atoms with Crippen LogP contribution in [-0.4, -0.2) is 50.2 Å². The van der Waals surface area contributed by atoms with Crippen molar-refractivity contribution in [3.63, 3.8) is 0 Å². The second-order valence-electron chi connectivity index (χ2n) is 8.07. The van der Waals surface area contributed by atoms with Crippen LogP contribution in [0.3, 0.4) is 0 Å². The van der Waals surface area contributed by atoms with Crippen LogP contribution in [0.5, 0.6) is 0 Å². The van der Waals surface area contributed by atoms with E-state index in [4.69, 9.17) is 4.74 Å². The number of rotatable bonds is 9. The summed E-state index contributed by atoms with van der Waals surface area (Å²) in [5, 5.41) is 12.1. The van der Waals surface area contributed by atoms with Crippen LogP contribution in [0.1, 0.15) is 62.9 Å². The van der Waals surface area contributed by atoms with Crippen molar-refractivity contribution >= 4 is 18.0 Å². The van der Waals surface area contributed by atoms with Crippen molar-refractivity contribution < 1.29 is 14.3 Å². The first kappa shape index (κ1) is 25.3. The first-order valence-corrected chi connectivity index (χ1v) is 10.4. The Morgan fingerprint density at radius 3 is 2.53 bits per heavy atom. The highest BCUT2D eigenvalue weighted by molar-refractivity contribution is 5.94. The Balaban J connectivity index is 2.66. The van der Waals surface area contributed by atoms with Crippen molar-refractivity contribution in [2.24, 2.45) is 4.99 Å². The van der Waals surface area contributed by atoms with Gasteiger partial charge in [0.25, 0.3) is 5.91 Å². The number of benzene rings is 1. The molecule has 1 unspecified atom stereocenters. The lowest BCUT2D eigenvalue weighted by molar-refractivity contribution is 0.0522. The number of nitrogens with one attached hydrogen (secondary N) is 4. The minimum Gasteiger partial charge on any atom is -0.444 e.